The normalized spacial score (nSPS) is 15.2. The monoisotopic (exact) mass is 293 g/mol. The highest BCUT2D eigenvalue weighted by Gasteiger charge is 2.36. The molecule has 1 aromatic carbocycles. The van der Waals surface area contributed by atoms with Crippen LogP contribution in [-0.4, -0.2) is 28.7 Å². The lowest BCUT2D eigenvalue weighted by molar-refractivity contribution is -0.0000110. The molecule has 1 aliphatic rings. The van der Waals surface area contributed by atoms with E-state index in [4.69, 9.17) is 0 Å². The van der Waals surface area contributed by atoms with Crippen LogP contribution in [0.25, 0.3) is 0 Å². The molecule has 0 aliphatic carbocycles. The minimum Gasteiger partial charge on any atom is -1.00 e. The molecule has 17 heavy (non-hydrogen) atoms. The number of halogens is 1. The Morgan fingerprint density at radius 1 is 1.24 bits per heavy atom. The quantitative estimate of drug-likeness (QED) is 0.526. The SMILES string of the molecule is CC(C(=O)c1ccccc1)N1[C+]N(C)C=C1.[Br-]. The number of ketones is 1. The van der Waals surface area contributed by atoms with E-state index in [0.29, 0.717) is 0 Å². The molecule has 0 saturated carbocycles. The Balaban J connectivity index is 0.00000144. The largest absolute Gasteiger partial charge is 1.00 e. The minimum absolute atomic E-state index is 0. The molecule has 1 aliphatic heterocycles. The van der Waals surface area contributed by atoms with Crippen molar-refractivity contribution in [2.45, 2.75) is 13.0 Å². The number of Topliss-reactive ketones (excluding diaryl/α,β-unsaturated/α-hetero) is 1. The predicted octanol–water partition coefficient (Wildman–Crippen LogP) is -1.02. The first-order valence-corrected chi connectivity index (χ1v) is 5.23. The molecule has 1 aromatic rings. The van der Waals surface area contributed by atoms with Crippen molar-refractivity contribution in [2.75, 3.05) is 7.05 Å². The van der Waals surface area contributed by atoms with Gasteiger partial charge in [-0.15, -0.1) is 9.80 Å². The zero-order valence-electron chi connectivity index (χ0n) is 9.80. The van der Waals surface area contributed by atoms with E-state index < -0.39 is 0 Å². The maximum Gasteiger partial charge on any atom is 0.564 e. The number of nitrogens with zero attached hydrogens (tertiary/aromatic N) is 2. The summed E-state index contributed by atoms with van der Waals surface area (Å²) in [6.07, 6.45) is 3.72. The highest BCUT2D eigenvalue weighted by molar-refractivity contribution is 5.99. The zero-order chi connectivity index (χ0) is 11.5. The Hall–Kier alpha value is -1.42. The number of benzene rings is 1. The fraction of sp³-hybridized carbons (Fsp3) is 0.231. The van der Waals surface area contributed by atoms with Gasteiger partial charge < -0.3 is 17.0 Å². The summed E-state index contributed by atoms with van der Waals surface area (Å²) < 4.78 is 0. The summed E-state index contributed by atoms with van der Waals surface area (Å²) in [4.78, 5) is 15.7. The van der Waals surface area contributed by atoms with Gasteiger partial charge in [-0.2, -0.15) is 0 Å². The highest BCUT2D eigenvalue weighted by atomic mass is 79.9. The van der Waals surface area contributed by atoms with Crippen LogP contribution in [0.15, 0.2) is 42.7 Å². The zero-order valence-corrected chi connectivity index (χ0v) is 11.4. The van der Waals surface area contributed by atoms with Gasteiger partial charge in [0, 0.05) is 5.56 Å². The summed E-state index contributed by atoms with van der Waals surface area (Å²) in [6.45, 7) is 4.92. The van der Waals surface area contributed by atoms with E-state index in [2.05, 4.69) is 6.67 Å². The molecule has 1 unspecified atom stereocenters. The Bertz CT molecular complexity index is 405. The predicted molar refractivity (Wildman–Crippen MR) is 62.2 cm³/mol. The molecule has 0 aromatic heterocycles. The van der Waals surface area contributed by atoms with E-state index in [1.165, 1.54) is 0 Å². The molecular weight excluding hydrogens is 280 g/mol. The molecule has 1 atom stereocenters. The summed E-state index contributed by atoms with van der Waals surface area (Å²) in [5.41, 5.74) is 0.736. The van der Waals surface area contributed by atoms with Crippen molar-refractivity contribution in [1.82, 2.24) is 9.80 Å². The molecule has 0 N–H and O–H groups in total. The molecule has 1 heterocycles. The van der Waals surface area contributed by atoms with Crippen LogP contribution in [-0.2, 0) is 0 Å². The Kier molecular flexibility index (Phi) is 4.63. The first kappa shape index (κ1) is 13.6. The molecule has 4 heteroatoms. The van der Waals surface area contributed by atoms with E-state index in [-0.39, 0.29) is 28.8 Å². The van der Waals surface area contributed by atoms with Crippen LogP contribution in [0, 0.1) is 6.67 Å². The molecule has 1 radical (unpaired) electrons. The van der Waals surface area contributed by atoms with Crippen molar-refractivity contribution in [3.8, 4) is 0 Å². The molecule has 0 saturated heterocycles. The van der Waals surface area contributed by atoms with Crippen LogP contribution in [0.5, 0.6) is 0 Å². The molecule has 0 fully saturated rings. The third-order valence-corrected chi connectivity index (χ3v) is 2.58. The maximum atomic E-state index is 12.1. The minimum atomic E-state index is -0.219. The first-order valence-electron chi connectivity index (χ1n) is 5.23. The third kappa shape index (κ3) is 3.03. The fourth-order valence-corrected chi connectivity index (χ4v) is 1.61. The summed E-state index contributed by atoms with van der Waals surface area (Å²) in [6, 6.07) is 9.11. The van der Waals surface area contributed by atoms with Crippen LogP contribution < -0.4 is 17.0 Å². The van der Waals surface area contributed by atoms with E-state index in [0.717, 1.165) is 5.56 Å². The Morgan fingerprint density at radius 3 is 2.41 bits per heavy atom. The van der Waals surface area contributed by atoms with E-state index in [1.54, 1.807) is 9.80 Å². The van der Waals surface area contributed by atoms with E-state index in [9.17, 15) is 4.79 Å². The average Bonchev–Trinajstić information content (AvgIpc) is 2.75. The highest BCUT2D eigenvalue weighted by Crippen LogP contribution is 2.16. The van der Waals surface area contributed by atoms with Crippen LogP contribution in [0.1, 0.15) is 17.3 Å². The van der Waals surface area contributed by atoms with Crippen molar-refractivity contribution in [1.29, 1.82) is 0 Å². The maximum absolute atomic E-state index is 12.1. The second-order valence-corrected chi connectivity index (χ2v) is 3.82. The fourth-order valence-electron chi connectivity index (χ4n) is 1.61. The molecular formula is C13H14BrN2O. The summed E-state index contributed by atoms with van der Waals surface area (Å²) in [5.74, 6) is 0.105. The van der Waals surface area contributed by atoms with Crippen LogP contribution in [0.4, 0.5) is 0 Å². The Labute approximate surface area is 112 Å². The number of carbonyl (C=O) groups is 1. The number of rotatable bonds is 3. The molecule has 0 spiro atoms. The van der Waals surface area contributed by atoms with Crippen LogP contribution in [0.2, 0.25) is 0 Å². The van der Waals surface area contributed by atoms with E-state index >= 15 is 0 Å². The van der Waals surface area contributed by atoms with Crippen molar-refractivity contribution in [3.05, 3.63) is 55.0 Å². The van der Waals surface area contributed by atoms with Gasteiger partial charge >= 0.3 is 6.67 Å². The summed E-state index contributed by atoms with van der Waals surface area (Å²) in [7, 11) is 1.89. The molecule has 3 nitrogen and oxygen atoms in total. The second-order valence-electron chi connectivity index (χ2n) is 3.82. The van der Waals surface area contributed by atoms with Crippen molar-refractivity contribution < 1.29 is 21.8 Å². The van der Waals surface area contributed by atoms with Gasteiger partial charge in [0.15, 0.2) is 5.78 Å². The van der Waals surface area contributed by atoms with Crippen LogP contribution >= 0.6 is 0 Å². The summed E-state index contributed by atoms with van der Waals surface area (Å²) in [5, 5.41) is 0. The van der Waals surface area contributed by atoms with Gasteiger partial charge in [0.2, 0.25) is 0 Å². The van der Waals surface area contributed by atoms with Gasteiger partial charge in [-0.3, -0.25) is 4.79 Å². The standard InChI is InChI=1S/C13H14N2O.BrH/c1-11(15-9-8-14(2)10-15)13(16)12-6-4-3-5-7-12;/h3-9,11H,1-2H3;1H/q+1;/p-1. The van der Waals surface area contributed by atoms with Crippen molar-refractivity contribution >= 4 is 5.78 Å². The topological polar surface area (TPSA) is 23.6 Å². The third-order valence-electron chi connectivity index (χ3n) is 2.58. The summed E-state index contributed by atoms with van der Waals surface area (Å²) >= 11 is 0. The molecule has 0 bridgehead atoms. The lowest BCUT2D eigenvalue weighted by Gasteiger charge is -2.11. The number of carbonyl (C=O) groups excluding carboxylic acids is 1. The van der Waals surface area contributed by atoms with Gasteiger partial charge in [0.05, 0.1) is 19.4 Å². The Morgan fingerprint density at radius 2 is 1.88 bits per heavy atom. The van der Waals surface area contributed by atoms with Gasteiger partial charge in [0.1, 0.15) is 6.04 Å². The van der Waals surface area contributed by atoms with Gasteiger partial charge in [-0.05, 0) is 6.92 Å². The van der Waals surface area contributed by atoms with Crippen LogP contribution in [0.3, 0.4) is 0 Å². The first-order chi connectivity index (χ1) is 7.68. The van der Waals surface area contributed by atoms with Gasteiger partial charge in [-0.25, -0.2) is 0 Å². The van der Waals surface area contributed by atoms with Gasteiger partial charge in [-0.1, -0.05) is 30.3 Å². The lowest BCUT2D eigenvalue weighted by atomic mass is 10.1. The lowest BCUT2D eigenvalue weighted by Crippen LogP contribution is -3.00. The van der Waals surface area contributed by atoms with Crippen molar-refractivity contribution in [2.24, 2.45) is 0 Å². The van der Waals surface area contributed by atoms with E-state index in [1.807, 2.05) is 56.7 Å². The average molecular weight is 294 g/mol. The second kappa shape index (κ2) is 5.77. The molecule has 2 rings (SSSR count). The van der Waals surface area contributed by atoms with Gasteiger partial charge in [0.25, 0.3) is 0 Å². The number of hydrogen-bond acceptors (Lipinski definition) is 3. The number of hydrogen-bond donors (Lipinski definition) is 0. The molecule has 0 amide bonds. The van der Waals surface area contributed by atoms with Crippen molar-refractivity contribution in [3.63, 3.8) is 0 Å². The smallest absolute Gasteiger partial charge is 0.564 e. The molecule has 89 valence electrons.